The molecule has 98 valence electrons. The Balaban J connectivity index is 1.78. The molecule has 1 amide bonds. The van der Waals surface area contributed by atoms with E-state index in [1.54, 1.807) is 6.20 Å². The maximum atomic E-state index is 12.0. The molecule has 0 bridgehead atoms. The molecule has 1 N–H and O–H groups in total. The van der Waals surface area contributed by atoms with Crippen molar-refractivity contribution in [3.8, 4) is 0 Å². The van der Waals surface area contributed by atoms with Crippen LogP contribution in [-0.4, -0.2) is 34.9 Å². The van der Waals surface area contributed by atoms with Crippen molar-refractivity contribution in [2.45, 2.75) is 39.3 Å². The Hall–Kier alpha value is -1.42. The van der Waals surface area contributed by atoms with Crippen molar-refractivity contribution in [2.24, 2.45) is 0 Å². The Kier molecular flexibility index (Phi) is 4.31. The molecule has 0 saturated heterocycles. The summed E-state index contributed by atoms with van der Waals surface area (Å²) >= 11 is 0. The normalized spacial score (nSPS) is 14.6. The molecule has 0 atom stereocenters. The van der Waals surface area contributed by atoms with E-state index in [0.717, 1.165) is 17.8 Å². The third-order valence-corrected chi connectivity index (χ3v) is 3.34. The highest BCUT2D eigenvalue weighted by Gasteiger charge is 2.30. The highest BCUT2D eigenvalue weighted by atomic mass is 16.2. The highest BCUT2D eigenvalue weighted by Crippen LogP contribution is 2.26. The van der Waals surface area contributed by atoms with Crippen molar-refractivity contribution in [3.63, 3.8) is 0 Å². The molecule has 4 nitrogen and oxygen atoms in total. The second-order valence-electron chi connectivity index (χ2n) is 4.78. The van der Waals surface area contributed by atoms with Crippen LogP contribution < -0.4 is 5.32 Å². The molecule has 0 aromatic carbocycles. The van der Waals surface area contributed by atoms with Gasteiger partial charge in [0.2, 0.25) is 5.91 Å². The van der Waals surface area contributed by atoms with Gasteiger partial charge in [-0.25, -0.2) is 0 Å². The van der Waals surface area contributed by atoms with Gasteiger partial charge in [0, 0.05) is 25.3 Å². The minimum atomic E-state index is 0.202. The first-order chi connectivity index (χ1) is 8.72. The molecule has 2 rings (SSSR count). The Labute approximate surface area is 108 Å². The zero-order valence-electron chi connectivity index (χ0n) is 11.1. The maximum absolute atomic E-state index is 12.0. The quantitative estimate of drug-likeness (QED) is 0.828. The van der Waals surface area contributed by atoms with E-state index in [1.807, 2.05) is 30.9 Å². The SMILES string of the molecule is CCN(C(=O)CNCc1ncccc1C)C1CC1. The van der Waals surface area contributed by atoms with E-state index < -0.39 is 0 Å². The van der Waals surface area contributed by atoms with Crippen LogP contribution in [0.4, 0.5) is 0 Å². The number of hydrogen-bond acceptors (Lipinski definition) is 3. The van der Waals surface area contributed by atoms with Crippen molar-refractivity contribution in [1.82, 2.24) is 15.2 Å². The largest absolute Gasteiger partial charge is 0.339 e. The van der Waals surface area contributed by atoms with Gasteiger partial charge in [-0.3, -0.25) is 9.78 Å². The lowest BCUT2D eigenvalue weighted by molar-refractivity contribution is -0.130. The van der Waals surface area contributed by atoms with Crippen molar-refractivity contribution in [3.05, 3.63) is 29.6 Å². The summed E-state index contributed by atoms with van der Waals surface area (Å²) < 4.78 is 0. The summed E-state index contributed by atoms with van der Waals surface area (Å²) in [5.41, 5.74) is 2.17. The van der Waals surface area contributed by atoms with Crippen molar-refractivity contribution in [2.75, 3.05) is 13.1 Å². The molecule has 1 heterocycles. The summed E-state index contributed by atoms with van der Waals surface area (Å²) in [5.74, 6) is 0.202. The molecule has 0 spiro atoms. The first-order valence-electron chi connectivity index (χ1n) is 6.63. The summed E-state index contributed by atoms with van der Waals surface area (Å²) in [4.78, 5) is 18.2. The number of nitrogens with zero attached hydrogens (tertiary/aromatic N) is 2. The molecule has 1 aliphatic rings. The Morgan fingerprint density at radius 2 is 2.33 bits per heavy atom. The molecule has 1 aliphatic carbocycles. The summed E-state index contributed by atoms with van der Waals surface area (Å²) in [6, 6.07) is 4.46. The van der Waals surface area contributed by atoms with Crippen LogP contribution in [0.15, 0.2) is 18.3 Å². The molecule has 1 fully saturated rings. The number of amides is 1. The van der Waals surface area contributed by atoms with E-state index in [-0.39, 0.29) is 5.91 Å². The average molecular weight is 247 g/mol. The standard InChI is InChI=1S/C14H21N3O/c1-3-17(12-6-7-12)14(18)10-15-9-13-11(2)5-4-8-16-13/h4-5,8,12,15H,3,6-7,9-10H2,1-2H3. The Morgan fingerprint density at radius 3 is 2.94 bits per heavy atom. The number of nitrogens with one attached hydrogen (secondary N) is 1. The number of carbonyl (C=O) groups excluding carboxylic acids is 1. The average Bonchev–Trinajstić information content (AvgIpc) is 3.17. The minimum absolute atomic E-state index is 0.202. The fourth-order valence-electron chi connectivity index (χ4n) is 2.12. The molecular weight excluding hydrogens is 226 g/mol. The van der Waals surface area contributed by atoms with E-state index in [0.29, 0.717) is 19.1 Å². The Bertz CT molecular complexity index is 415. The van der Waals surface area contributed by atoms with Gasteiger partial charge in [-0.15, -0.1) is 0 Å². The lowest BCUT2D eigenvalue weighted by Crippen LogP contribution is -2.39. The van der Waals surface area contributed by atoms with Crippen LogP contribution in [0.1, 0.15) is 31.0 Å². The maximum Gasteiger partial charge on any atom is 0.236 e. The summed E-state index contributed by atoms with van der Waals surface area (Å²) in [6.45, 7) is 5.95. The Morgan fingerprint density at radius 1 is 1.56 bits per heavy atom. The zero-order chi connectivity index (χ0) is 13.0. The second kappa shape index (κ2) is 5.96. The van der Waals surface area contributed by atoms with Crippen molar-refractivity contribution in [1.29, 1.82) is 0 Å². The van der Waals surface area contributed by atoms with E-state index in [9.17, 15) is 4.79 Å². The number of hydrogen-bond donors (Lipinski definition) is 1. The fourth-order valence-corrected chi connectivity index (χ4v) is 2.12. The minimum Gasteiger partial charge on any atom is -0.339 e. The topological polar surface area (TPSA) is 45.2 Å². The number of carbonyl (C=O) groups is 1. The second-order valence-corrected chi connectivity index (χ2v) is 4.78. The predicted octanol–water partition coefficient (Wildman–Crippen LogP) is 1.49. The highest BCUT2D eigenvalue weighted by molar-refractivity contribution is 5.78. The number of pyridine rings is 1. The van der Waals surface area contributed by atoms with Gasteiger partial charge >= 0.3 is 0 Å². The van der Waals surface area contributed by atoms with E-state index in [2.05, 4.69) is 10.3 Å². The monoisotopic (exact) mass is 247 g/mol. The van der Waals surface area contributed by atoms with Crippen LogP contribution in [-0.2, 0) is 11.3 Å². The van der Waals surface area contributed by atoms with Crippen LogP contribution >= 0.6 is 0 Å². The number of likely N-dealkylation sites (N-methyl/N-ethyl adjacent to an activating group) is 1. The summed E-state index contributed by atoms with van der Waals surface area (Å²) in [5, 5.41) is 3.19. The number of aryl methyl sites for hydroxylation is 1. The van der Waals surface area contributed by atoms with Crippen LogP contribution in [0.3, 0.4) is 0 Å². The van der Waals surface area contributed by atoms with Gasteiger partial charge in [0.15, 0.2) is 0 Å². The molecule has 1 aromatic rings. The summed E-state index contributed by atoms with van der Waals surface area (Å²) in [7, 11) is 0. The molecule has 18 heavy (non-hydrogen) atoms. The summed E-state index contributed by atoms with van der Waals surface area (Å²) in [6.07, 6.45) is 4.12. The van der Waals surface area contributed by atoms with E-state index in [4.69, 9.17) is 0 Å². The third-order valence-electron chi connectivity index (χ3n) is 3.34. The number of aromatic nitrogens is 1. The first kappa shape index (κ1) is 13.0. The van der Waals surface area contributed by atoms with Gasteiger partial charge in [-0.05, 0) is 38.3 Å². The van der Waals surface area contributed by atoms with Gasteiger partial charge in [0.25, 0.3) is 0 Å². The van der Waals surface area contributed by atoms with E-state index in [1.165, 1.54) is 12.8 Å². The lowest BCUT2D eigenvalue weighted by Gasteiger charge is -2.20. The van der Waals surface area contributed by atoms with Gasteiger partial charge in [-0.1, -0.05) is 6.07 Å². The van der Waals surface area contributed by atoms with Crippen molar-refractivity contribution < 1.29 is 4.79 Å². The fraction of sp³-hybridized carbons (Fsp3) is 0.571. The predicted molar refractivity (Wildman–Crippen MR) is 71.1 cm³/mol. The number of rotatable bonds is 6. The zero-order valence-corrected chi connectivity index (χ0v) is 11.1. The molecule has 1 aromatic heterocycles. The van der Waals surface area contributed by atoms with Gasteiger partial charge < -0.3 is 10.2 Å². The molecule has 1 saturated carbocycles. The van der Waals surface area contributed by atoms with Crippen LogP contribution in [0, 0.1) is 6.92 Å². The molecular formula is C14H21N3O. The van der Waals surface area contributed by atoms with E-state index >= 15 is 0 Å². The smallest absolute Gasteiger partial charge is 0.236 e. The van der Waals surface area contributed by atoms with Gasteiger partial charge in [-0.2, -0.15) is 0 Å². The first-order valence-corrected chi connectivity index (χ1v) is 6.63. The lowest BCUT2D eigenvalue weighted by atomic mass is 10.2. The molecule has 0 aliphatic heterocycles. The van der Waals surface area contributed by atoms with Crippen LogP contribution in [0.25, 0.3) is 0 Å². The molecule has 0 radical (unpaired) electrons. The van der Waals surface area contributed by atoms with Gasteiger partial charge in [0.1, 0.15) is 0 Å². The molecule has 0 unspecified atom stereocenters. The van der Waals surface area contributed by atoms with Crippen LogP contribution in [0.5, 0.6) is 0 Å². The van der Waals surface area contributed by atoms with Crippen molar-refractivity contribution >= 4 is 5.91 Å². The third kappa shape index (κ3) is 3.29. The molecule has 4 heteroatoms. The van der Waals surface area contributed by atoms with Gasteiger partial charge in [0.05, 0.1) is 12.2 Å². The van der Waals surface area contributed by atoms with Crippen LogP contribution in [0.2, 0.25) is 0 Å².